The Balaban J connectivity index is 2.95. The molecule has 9 nitrogen and oxygen atoms in total. The molecular weight excluding hydrogens is 358 g/mol. The van der Waals surface area contributed by atoms with E-state index < -0.39 is 31.7 Å². The molecule has 0 saturated heterocycles. The van der Waals surface area contributed by atoms with Gasteiger partial charge in [0.05, 0.1) is 29.5 Å². The van der Waals surface area contributed by atoms with Gasteiger partial charge in [-0.05, 0) is 18.2 Å². The highest BCUT2D eigenvalue weighted by atomic mass is 32.3. The summed E-state index contributed by atoms with van der Waals surface area (Å²) in [4.78, 5) is 19.1. The molecule has 0 aromatic carbocycles. The van der Waals surface area contributed by atoms with Crippen LogP contribution in [0.15, 0.2) is 36.7 Å². The summed E-state index contributed by atoms with van der Waals surface area (Å²) in [5.41, 5.74) is -0.994. The molecule has 0 unspecified atom stereocenters. The molecule has 0 aliphatic carbocycles. The van der Waals surface area contributed by atoms with Crippen LogP contribution in [0.3, 0.4) is 0 Å². The van der Waals surface area contributed by atoms with E-state index >= 15 is 0 Å². The third-order valence-electron chi connectivity index (χ3n) is 2.85. The van der Waals surface area contributed by atoms with Crippen molar-refractivity contribution in [2.24, 2.45) is 0 Å². The third kappa shape index (κ3) is 3.51. The number of anilines is 1. The standard InChI is InChI=1S/C13H13N3O6S2/c1-23(19,20)16(24(2,21)22)10-6-8-15-12(13(17)18)11(10)9-5-3-4-7-14-9/h3-8H,1-2H3,(H,17,18). The molecule has 11 heteroatoms. The van der Waals surface area contributed by atoms with Crippen molar-refractivity contribution in [3.05, 3.63) is 42.4 Å². The van der Waals surface area contributed by atoms with Gasteiger partial charge < -0.3 is 5.11 Å². The lowest BCUT2D eigenvalue weighted by molar-refractivity contribution is 0.0691. The first kappa shape index (κ1) is 17.8. The lowest BCUT2D eigenvalue weighted by atomic mass is 10.1. The van der Waals surface area contributed by atoms with Crippen molar-refractivity contribution in [3.63, 3.8) is 0 Å². The normalized spacial score (nSPS) is 11.9. The highest BCUT2D eigenvalue weighted by Crippen LogP contribution is 2.34. The maximum atomic E-state index is 12.0. The van der Waals surface area contributed by atoms with Crippen LogP contribution in [0.1, 0.15) is 10.5 Å². The summed E-state index contributed by atoms with van der Waals surface area (Å²) in [6.45, 7) is 0. The van der Waals surface area contributed by atoms with Crippen molar-refractivity contribution in [2.75, 3.05) is 16.2 Å². The quantitative estimate of drug-likeness (QED) is 0.806. The van der Waals surface area contributed by atoms with Crippen molar-refractivity contribution < 1.29 is 26.7 Å². The number of aromatic carboxylic acids is 1. The second-order valence-electron chi connectivity index (χ2n) is 4.80. The van der Waals surface area contributed by atoms with Gasteiger partial charge in [0.1, 0.15) is 0 Å². The zero-order chi connectivity index (χ0) is 18.1. The van der Waals surface area contributed by atoms with Crippen molar-refractivity contribution in [2.45, 2.75) is 0 Å². The average Bonchev–Trinajstić information content (AvgIpc) is 2.44. The number of aromatic nitrogens is 2. The Morgan fingerprint density at radius 1 is 1.00 bits per heavy atom. The zero-order valence-corrected chi connectivity index (χ0v) is 14.2. The number of hydrogen-bond acceptors (Lipinski definition) is 7. The highest BCUT2D eigenvalue weighted by Gasteiger charge is 2.32. The topological polar surface area (TPSA) is 135 Å². The molecule has 0 amide bonds. The summed E-state index contributed by atoms with van der Waals surface area (Å²) < 4.78 is 48.2. The van der Waals surface area contributed by atoms with Gasteiger partial charge in [-0.3, -0.25) is 4.98 Å². The predicted octanol–water partition coefficient (Wildman–Crippen LogP) is 0.567. The van der Waals surface area contributed by atoms with Gasteiger partial charge in [0.25, 0.3) is 0 Å². The summed E-state index contributed by atoms with van der Waals surface area (Å²) in [6.07, 6.45) is 3.80. The molecule has 2 rings (SSSR count). The Labute approximate surface area is 138 Å². The number of pyridine rings is 2. The molecule has 2 heterocycles. The lowest BCUT2D eigenvalue weighted by Gasteiger charge is -2.22. The van der Waals surface area contributed by atoms with Crippen LogP contribution in [0.4, 0.5) is 5.69 Å². The Hall–Kier alpha value is -2.53. The minimum atomic E-state index is -4.25. The first-order valence-corrected chi connectivity index (χ1v) is 10.1. The van der Waals surface area contributed by atoms with Gasteiger partial charge in [0.15, 0.2) is 5.69 Å². The van der Waals surface area contributed by atoms with E-state index in [0.717, 1.165) is 12.3 Å². The Kier molecular flexibility index (Phi) is 4.58. The number of nitrogens with zero attached hydrogens (tertiary/aromatic N) is 3. The summed E-state index contributed by atoms with van der Waals surface area (Å²) in [5, 5.41) is 9.33. The Bertz CT molecular complexity index is 956. The van der Waals surface area contributed by atoms with Crippen molar-refractivity contribution in [1.82, 2.24) is 9.97 Å². The minimum Gasteiger partial charge on any atom is -0.476 e. The summed E-state index contributed by atoms with van der Waals surface area (Å²) >= 11 is 0. The number of rotatable bonds is 5. The fourth-order valence-electron chi connectivity index (χ4n) is 2.13. The third-order valence-corrected chi connectivity index (χ3v) is 6.07. The Morgan fingerprint density at radius 2 is 1.62 bits per heavy atom. The molecule has 2 aromatic rings. The molecule has 0 saturated carbocycles. The number of carboxylic acid groups (broad SMARTS) is 1. The van der Waals surface area contributed by atoms with E-state index in [0.29, 0.717) is 12.5 Å². The van der Waals surface area contributed by atoms with Crippen LogP contribution in [0, 0.1) is 0 Å². The van der Waals surface area contributed by atoms with Crippen molar-refractivity contribution >= 4 is 31.7 Å². The van der Waals surface area contributed by atoms with Gasteiger partial charge >= 0.3 is 5.97 Å². The molecule has 0 bridgehead atoms. The van der Waals surface area contributed by atoms with E-state index in [2.05, 4.69) is 9.97 Å². The van der Waals surface area contributed by atoms with E-state index in [9.17, 15) is 26.7 Å². The monoisotopic (exact) mass is 371 g/mol. The predicted molar refractivity (Wildman–Crippen MR) is 86.6 cm³/mol. The maximum absolute atomic E-state index is 12.0. The molecule has 1 N–H and O–H groups in total. The molecule has 128 valence electrons. The largest absolute Gasteiger partial charge is 0.476 e. The fourth-order valence-corrected chi connectivity index (χ4v) is 5.12. The SMILES string of the molecule is CS(=O)(=O)N(c1ccnc(C(=O)O)c1-c1ccccn1)S(C)(=O)=O. The van der Waals surface area contributed by atoms with Crippen molar-refractivity contribution in [3.8, 4) is 11.3 Å². The molecule has 2 aromatic heterocycles. The first-order chi connectivity index (χ1) is 11.0. The van der Waals surface area contributed by atoms with Crippen molar-refractivity contribution in [1.29, 1.82) is 0 Å². The first-order valence-electron chi connectivity index (χ1n) is 6.37. The van der Waals surface area contributed by atoms with E-state index in [1.807, 2.05) is 0 Å². The fraction of sp³-hybridized carbons (Fsp3) is 0.154. The number of carbonyl (C=O) groups is 1. The van der Waals surface area contributed by atoms with Gasteiger partial charge in [0, 0.05) is 12.4 Å². The van der Waals surface area contributed by atoms with E-state index in [-0.39, 0.29) is 20.7 Å². The van der Waals surface area contributed by atoms with Crippen LogP contribution in [-0.4, -0.2) is 50.4 Å². The molecule has 0 spiro atoms. The molecule has 0 aliphatic heterocycles. The summed E-state index contributed by atoms with van der Waals surface area (Å²) in [7, 11) is -8.50. The van der Waals surface area contributed by atoms with E-state index in [1.54, 1.807) is 12.1 Å². The van der Waals surface area contributed by atoms with Crippen LogP contribution in [0.2, 0.25) is 0 Å². The average molecular weight is 371 g/mol. The number of carboxylic acids is 1. The summed E-state index contributed by atoms with van der Waals surface area (Å²) in [5.74, 6) is -1.44. The Morgan fingerprint density at radius 3 is 2.08 bits per heavy atom. The van der Waals surface area contributed by atoms with Gasteiger partial charge in [-0.15, -0.1) is 0 Å². The summed E-state index contributed by atoms with van der Waals surface area (Å²) in [6, 6.07) is 5.66. The van der Waals surface area contributed by atoms with Crippen LogP contribution < -0.4 is 3.71 Å². The van der Waals surface area contributed by atoms with Gasteiger partial charge in [0.2, 0.25) is 20.0 Å². The molecule has 0 fully saturated rings. The van der Waals surface area contributed by atoms with Gasteiger partial charge in [-0.2, -0.15) is 3.71 Å². The van der Waals surface area contributed by atoms with Crippen LogP contribution >= 0.6 is 0 Å². The smallest absolute Gasteiger partial charge is 0.355 e. The molecule has 0 atom stereocenters. The van der Waals surface area contributed by atoms with Crippen LogP contribution in [0.25, 0.3) is 11.3 Å². The minimum absolute atomic E-state index is 0.0790. The maximum Gasteiger partial charge on any atom is 0.355 e. The number of sulfonamides is 2. The number of hydrogen-bond donors (Lipinski definition) is 1. The van der Waals surface area contributed by atoms with Gasteiger partial charge in [-0.25, -0.2) is 26.6 Å². The van der Waals surface area contributed by atoms with E-state index in [1.165, 1.54) is 12.3 Å². The highest BCUT2D eigenvalue weighted by molar-refractivity contribution is 8.09. The zero-order valence-electron chi connectivity index (χ0n) is 12.6. The van der Waals surface area contributed by atoms with Gasteiger partial charge in [-0.1, -0.05) is 6.07 Å². The molecular formula is C13H13N3O6S2. The molecule has 0 radical (unpaired) electrons. The van der Waals surface area contributed by atoms with Crippen LogP contribution in [0.5, 0.6) is 0 Å². The molecule has 24 heavy (non-hydrogen) atoms. The van der Waals surface area contributed by atoms with Crippen LogP contribution in [-0.2, 0) is 20.0 Å². The van der Waals surface area contributed by atoms with E-state index in [4.69, 9.17) is 0 Å². The molecule has 0 aliphatic rings. The second-order valence-corrected chi connectivity index (χ2v) is 8.69. The lowest BCUT2D eigenvalue weighted by Crippen LogP contribution is -2.36. The second kappa shape index (κ2) is 6.17.